The lowest BCUT2D eigenvalue weighted by Gasteiger charge is -2.15. The van der Waals surface area contributed by atoms with Gasteiger partial charge in [0.2, 0.25) is 11.8 Å². The number of carboxylic acids is 2. The average molecular weight is 301 g/mol. The maximum absolute atomic E-state index is 11.6. The summed E-state index contributed by atoms with van der Waals surface area (Å²) in [5.41, 5.74) is 0. The molecule has 118 valence electrons. The van der Waals surface area contributed by atoms with Gasteiger partial charge in [-0.3, -0.25) is 14.4 Å². The van der Waals surface area contributed by atoms with Crippen LogP contribution in [-0.4, -0.2) is 59.1 Å². The number of hydrogen-bond donors (Lipinski definition) is 5. The third-order valence-electron chi connectivity index (χ3n) is 3.08. The molecule has 0 saturated carbocycles. The molecule has 2 unspecified atom stereocenters. The van der Waals surface area contributed by atoms with Crippen molar-refractivity contribution in [1.82, 2.24) is 16.0 Å². The number of nitrogens with one attached hydrogen (secondary N) is 3. The van der Waals surface area contributed by atoms with Crippen molar-refractivity contribution in [2.24, 2.45) is 0 Å². The van der Waals surface area contributed by atoms with Crippen molar-refractivity contribution in [3.05, 3.63) is 0 Å². The lowest BCUT2D eigenvalue weighted by molar-refractivity contribution is -0.143. The Bertz CT molecular complexity index is 419. The number of carboxylic acid groups (broad SMARTS) is 2. The Morgan fingerprint density at radius 3 is 2.48 bits per heavy atom. The normalized spacial score (nSPS) is 18.8. The molecule has 0 aromatic rings. The van der Waals surface area contributed by atoms with Gasteiger partial charge in [-0.25, -0.2) is 4.79 Å². The van der Waals surface area contributed by atoms with Crippen LogP contribution in [-0.2, 0) is 19.2 Å². The maximum Gasteiger partial charge on any atom is 0.326 e. The van der Waals surface area contributed by atoms with Gasteiger partial charge in [-0.2, -0.15) is 0 Å². The Hall–Kier alpha value is -2.16. The van der Waals surface area contributed by atoms with Crippen molar-refractivity contribution in [3.63, 3.8) is 0 Å². The summed E-state index contributed by atoms with van der Waals surface area (Å²) in [5.74, 6) is -3.43. The summed E-state index contributed by atoms with van der Waals surface area (Å²) in [7, 11) is 0. The van der Waals surface area contributed by atoms with Crippen molar-refractivity contribution in [1.29, 1.82) is 0 Å². The number of hydrogen-bond acceptors (Lipinski definition) is 5. The highest BCUT2D eigenvalue weighted by molar-refractivity contribution is 5.89. The topological polar surface area (TPSA) is 145 Å². The molecule has 1 rings (SSSR count). The van der Waals surface area contributed by atoms with Crippen molar-refractivity contribution >= 4 is 23.8 Å². The molecule has 0 spiro atoms. The molecule has 0 aromatic heterocycles. The second kappa shape index (κ2) is 8.20. The Kier molecular flexibility index (Phi) is 6.60. The van der Waals surface area contributed by atoms with E-state index in [0.717, 1.165) is 13.0 Å². The van der Waals surface area contributed by atoms with Crippen LogP contribution in [0.1, 0.15) is 25.7 Å². The van der Waals surface area contributed by atoms with E-state index in [-0.39, 0.29) is 31.3 Å². The SMILES string of the molecule is O=C(O)CCC(NC(=O)CNC(=O)C1CCCN1)C(=O)O. The Morgan fingerprint density at radius 1 is 1.24 bits per heavy atom. The summed E-state index contributed by atoms with van der Waals surface area (Å²) in [6.45, 7) is 0.411. The van der Waals surface area contributed by atoms with Crippen molar-refractivity contribution in [2.75, 3.05) is 13.1 Å². The summed E-state index contributed by atoms with van der Waals surface area (Å²) in [5, 5.41) is 24.9. The van der Waals surface area contributed by atoms with Gasteiger partial charge in [-0.05, 0) is 25.8 Å². The number of aliphatic carboxylic acids is 2. The zero-order chi connectivity index (χ0) is 15.8. The zero-order valence-electron chi connectivity index (χ0n) is 11.4. The van der Waals surface area contributed by atoms with Crippen LogP contribution >= 0.6 is 0 Å². The third kappa shape index (κ3) is 6.21. The van der Waals surface area contributed by atoms with Crippen molar-refractivity contribution in [2.45, 2.75) is 37.8 Å². The summed E-state index contributed by atoms with van der Waals surface area (Å²) >= 11 is 0. The molecule has 0 aromatic carbocycles. The quantitative estimate of drug-likeness (QED) is 0.359. The van der Waals surface area contributed by atoms with E-state index >= 15 is 0 Å². The van der Waals surface area contributed by atoms with Crippen molar-refractivity contribution < 1.29 is 29.4 Å². The van der Waals surface area contributed by atoms with Crippen LogP contribution in [0, 0.1) is 0 Å². The predicted octanol–water partition coefficient (Wildman–Crippen LogP) is -1.71. The van der Waals surface area contributed by atoms with Crippen LogP contribution in [0.4, 0.5) is 0 Å². The fraction of sp³-hybridized carbons (Fsp3) is 0.667. The molecule has 2 amide bonds. The lowest BCUT2D eigenvalue weighted by atomic mass is 10.1. The highest BCUT2D eigenvalue weighted by Crippen LogP contribution is 2.04. The summed E-state index contributed by atoms with van der Waals surface area (Å²) in [4.78, 5) is 44.5. The van der Waals surface area contributed by atoms with E-state index in [9.17, 15) is 19.2 Å². The molecular formula is C12H19N3O6. The molecular weight excluding hydrogens is 282 g/mol. The number of carbonyl (C=O) groups excluding carboxylic acids is 2. The molecule has 1 heterocycles. The van der Waals surface area contributed by atoms with Crippen LogP contribution < -0.4 is 16.0 Å². The first-order valence-electron chi connectivity index (χ1n) is 6.65. The first kappa shape index (κ1) is 16.9. The van der Waals surface area contributed by atoms with Gasteiger partial charge in [0.25, 0.3) is 0 Å². The second-order valence-electron chi connectivity index (χ2n) is 4.76. The van der Waals surface area contributed by atoms with E-state index in [1.54, 1.807) is 0 Å². The second-order valence-corrected chi connectivity index (χ2v) is 4.76. The highest BCUT2D eigenvalue weighted by atomic mass is 16.4. The molecule has 1 aliphatic heterocycles. The molecule has 21 heavy (non-hydrogen) atoms. The van der Waals surface area contributed by atoms with E-state index in [1.165, 1.54) is 0 Å². The van der Waals surface area contributed by atoms with Crippen LogP contribution in [0.5, 0.6) is 0 Å². The molecule has 9 heteroatoms. The van der Waals surface area contributed by atoms with Crippen LogP contribution in [0.3, 0.4) is 0 Å². The largest absolute Gasteiger partial charge is 0.481 e. The van der Waals surface area contributed by atoms with Crippen LogP contribution in [0.2, 0.25) is 0 Å². The minimum Gasteiger partial charge on any atom is -0.481 e. The van der Waals surface area contributed by atoms with Gasteiger partial charge in [0, 0.05) is 6.42 Å². The Labute approximate surface area is 121 Å². The molecule has 1 saturated heterocycles. The van der Waals surface area contributed by atoms with Gasteiger partial charge in [-0.15, -0.1) is 0 Å². The molecule has 0 bridgehead atoms. The summed E-state index contributed by atoms with van der Waals surface area (Å²) < 4.78 is 0. The lowest BCUT2D eigenvalue weighted by Crippen LogP contribution is -2.48. The number of amides is 2. The molecule has 2 atom stereocenters. The maximum atomic E-state index is 11.6. The zero-order valence-corrected chi connectivity index (χ0v) is 11.4. The van der Waals surface area contributed by atoms with Crippen LogP contribution in [0.25, 0.3) is 0 Å². The van der Waals surface area contributed by atoms with E-state index < -0.39 is 23.9 Å². The van der Waals surface area contributed by atoms with E-state index in [2.05, 4.69) is 16.0 Å². The third-order valence-corrected chi connectivity index (χ3v) is 3.08. The van der Waals surface area contributed by atoms with Crippen LogP contribution in [0.15, 0.2) is 0 Å². The summed E-state index contributed by atoms with van der Waals surface area (Å²) in [6.07, 6.45) is 1.01. The fourth-order valence-corrected chi connectivity index (χ4v) is 1.97. The first-order valence-corrected chi connectivity index (χ1v) is 6.65. The molecule has 9 nitrogen and oxygen atoms in total. The summed E-state index contributed by atoms with van der Waals surface area (Å²) in [6, 6.07) is -1.60. The van der Waals surface area contributed by atoms with E-state index in [1.807, 2.05) is 0 Å². The minimum atomic E-state index is -1.31. The van der Waals surface area contributed by atoms with Gasteiger partial charge in [0.1, 0.15) is 6.04 Å². The van der Waals surface area contributed by atoms with Gasteiger partial charge < -0.3 is 26.2 Å². The van der Waals surface area contributed by atoms with E-state index in [4.69, 9.17) is 10.2 Å². The van der Waals surface area contributed by atoms with Gasteiger partial charge >= 0.3 is 11.9 Å². The standard InChI is InChI=1S/C12H19N3O6/c16-9(6-14-11(19)7-2-1-5-13-7)15-8(12(20)21)3-4-10(17)18/h7-8,13H,1-6H2,(H,14,19)(H,15,16)(H,17,18)(H,20,21). The highest BCUT2D eigenvalue weighted by Gasteiger charge is 2.24. The monoisotopic (exact) mass is 301 g/mol. The van der Waals surface area contributed by atoms with Crippen molar-refractivity contribution in [3.8, 4) is 0 Å². The number of rotatable bonds is 8. The predicted molar refractivity (Wildman–Crippen MR) is 70.5 cm³/mol. The van der Waals surface area contributed by atoms with Gasteiger partial charge in [-0.1, -0.05) is 0 Å². The molecule has 5 N–H and O–H groups in total. The average Bonchev–Trinajstić information content (AvgIpc) is 2.94. The number of carbonyl (C=O) groups is 4. The molecule has 1 aliphatic rings. The first-order chi connectivity index (χ1) is 9.90. The minimum absolute atomic E-state index is 0.214. The van der Waals surface area contributed by atoms with Gasteiger partial charge in [0.05, 0.1) is 12.6 Å². The smallest absolute Gasteiger partial charge is 0.326 e. The molecule has 1 fully saturated rings. The van der Waals surface area contributed by atoms with Gasteiger partial charge in [0.15, 0.2) is 0 Å². The van der Waals surface area contributed by atoms with E-state index in [0.29, 0.717) is 6.42 Å². The fourth-order valence-electron chi connectivity index (χ4n) is 1.97. The Morgan fingerprint density at radius 2 is 1.95 bits per heavy atom. The Balaban J connectivity index is 2.33. The molecule has 0 radical (unpaired) electrons. The molecule has 0 aliphatic carbocycles.